The SMILES string of the molecule is Cc1c(COC(=O)C2C(C=C(Br)Br)C2(C)C)cccc1-c1ccccc1. The Hall–Kier alpha value is -1.39. The van der Waals surface area contributed by atoms with Crippen molar-refractivity contribution in [2.75, 3.05) is 0 Å². The third-order valence-electron chi connectivity index (χ3n) is 5.37. The predicted octanol–water partition coefficient (Wildman–Crippen LogP) is 6.61. The lowest BCUT2D eigenvalue weighted by molar-refractivity contribution is -0.147. The molecule has 4 heteroatoms. The number of benzene rings is 2. The molecule has 0 bridgehead atoms. The molecule has 0 aromatic heterocycles. The Morgan fingerprint density at radius 3 is 2.46 bits per heavy atom. The van der Waals surface area contributed by atoms with Crippen molar-refractivity contribution in [2.45, 2.75) is 27.4 Å². The molecule has 0 N–H and O–H groups in total. The van der Waals surface area contributed by atoms with Crippen LogP contribution in [0, 0.1) is 24.2 Å². The summed E-state index contributed by atoms with van der Waals surface area (Å²) in [6.45, 7) is 6.60. The minimum Gasteiger partial charge on any atom is -0.461 e. The number of carbonyl (C=O) groups excluding carboxylic acids is 1. The lowest BCUT2D eigenvalue weighted by Gasteiger charge is -2.12. The Bertz CT molecular complexity index is 836. The lowest BCUT2D eigenvalue weighted by atomic mass is 9.97. The summed E-state index contributed by atoms with van der Waals surface area (Å²) in [5, 5.41) is 0. The summed E-state index contributed by atoms with van der Waals surface area (Å²) >= 11 is 6.77. The summed E-state index contributed by atoms with van der Waals surface area (Å²) in [7, 11) is 0. The van der Waals surface area contributed by atoms with Gasteiger partial charge in [0.2, 0.25) is 0 Å². The van der Waals surface area contributed by atoms with Crippen LogP contribution in [0.3, 0.4) is 0 Å². The average Bonchev–Trinajstić information content (AvgIpc) is 3.14. The van der Waals surface area contributed by atoms with Gasteiger partial charge in [-0.25, -0.2) is 0 Å². The van der Waals surface area contributed by atoms with E-state index in [1.807, 2.05) is 36.4 Å². The summed E-state index contributed by atoms with van der Waals surface area (Å²) in [6, 6.07) is 16.4. The van der Waals surface area contributed by atoms with Crippen LogP contribution in [0.25, 0.3) is 11.1 Å². The molecule has 2 aromatic carbocycles. The largest absolute Gasteiger partial charge is 0.461 e. The van der Waals surface area contributed by atoms with Crippen molar-refractivity contribution in [3.8, 4) is 11.1 Å². The second kappa shape index (κ2) is 7.69. The van der Waals surface area contributed by atoms with Crippen LogP contribution in [0.2, 0.25) is 0 Å². The van der Waals surface area contributed by atoms with Crippen molar-refractivity contribution in [3.63, 3.8) is 0 Å². The predicted molar refractivity (Wildman–Crippen MR) is 113 cm³/mol. The molecule has 1 aliphatic carbocycles. The first kappa shape index (κ1) is 19.4. The van der Waals surface area contributed by atoms with Crippen LogP contribution in [-0.4, -0.2) is 5.97 Å². The van der Waals surface area contributed by atoms with Gasteiger partial charge in [0.1, 0.15) is 6.61 Å². The van der Waals surface area contributed by atoms with Gasteiger partial charge in [-0.3, -0.25) is 4.79 Å². The van der Waals surface area contributed by atoms with E-state index in [0.29, 0.717) is 6.61 Å². The summed E-state index contributed by atoms with van der Waals surface area (Å²) in [6.07, 6.45) is 2.03. The van der Waals surface area contributed by atoms with Crippen LogP contribution in [-0.2, 0) is 16.1 Å². The highest BCUT2D eigenvalue weighted by atomic mass is 79.9. The van der Waals surface area contributed by atoms with Crippen molar-refractivity contribution < 1.29 is 9.53 Å². The van der Waals surface area contributed by atoms with E-state index in [2.05, 4.69) is 70.8 Å². The van der Waals surface area contributed by atoms with Crippen molar-refractivity contribution in [2.24, 2.45) is 17.3 Å². The zero-order valence-electron chi connectivity index (χ0n) is 15.1. The third kappa shape index (κ3) is 3.96. The van der Waals surface area contributed by atoms with E-state index >= 15 is 0 Å². The molecule has 26 heavy (non-hydrogen) atoms. The molecule has 1 aliphatic rings. The highest BCUT2D eigenvalue weighted by molar-refractivity contribution is 9.28. The molecule has 1 fully saturated rings. The summed E-state index contributed by atoms with van der Waals surface area (Å²) in [5.41, 5.74) is 4.49. The van der Waals surface area contributed by atoms with Gasteiger partial charge >= 0.3 is 5.97 Å². The van der Waals surface area contributed by atoms with Crippen molar-refractivity contribution in [1.82, 2.24) is 0 Å². The second-order valence-electron chi connectivity index (χ2n) is 7.34. The summed E-state index contributed by atoms with van der Waals surface area (Å²) in [4.78, 5) is 12.6. The molecule has 136 valence electrons. The quantitative estimate of drug-likeness (QED) is 0.453. The van der Waals surface area contributed by atoms with E-state index in [9.17, 15) is 4.79 Å². The number of hydrogen-bond donors (Lipinski definition) is 0. The summed E-state index contributed by atoms with van der Waals surface area (Å²) < 4.78 is 6.55. The number of halogens is 2. The van der Waals surface area contributed by atoms with Crippen LogP contribution in [0.5, 0.6) is 0 Å². The minimum atomic E-state index is -0.123. The van der Waals surface area contributed by atoms with Gasteiger partial charge in [0, 0.05) is 0 Å². The Morgan fingerprint density at radius 2 is 1.81 bits per heavy atom. The summed E-state index contributed by atoms with van der Waals surface area (Å²) in [5.74, 6) is -0.0206. The topological polar surface area (TPSA) is 26.3 Å². The maximum absolute atomic E-state index is 12.6. The average molecular weight is 478 g/mol. The number of hydrogen-bond acceptors (Lipinski definition) is 2. The number of carbonyl (C=O) groups is 1. The number of rotatable bonds is 5. The van der Waals surface area contributed by atoms with Gasteiger partial charge in [0.15, 0.2) is 0 Å². The zero-order chi connectivity index (χ0) is 18.9. The Morgan fingerprint density at radius 1 is 1.12 bits per heavy atom. The van der Waals surface area contributed by atoms with Crippen molar-refractivity contribution >= 4 is 37.8 Å². The Kier molecular flexibility index (Phi) is 5.73. The highest BCUT2D eigenvalue weighted by Crippen LogP contribution is 2.60. The molecule has 1 saturated carbocycles. The molecule has 0 spiro atoms. The van der Waals surface area contributed by atoms with E-state index in [-0.39, 0.29) is 23.2 Å². The maximum Gasteiger partial charge on any atom is 0.310 e. The van der Waals surface area contributed by atoms with E-state index < -0.39 is 0 Å². The fraction of sp³-hybridized carbons (Fsp3) is 0.318. The molecule has 2 atom stereocenters. The molecule has 0 amide bonds. The van der Waals surface area contributed by atoms with E-state index in [4.69, 9.17) is 4.74 Å². The Balaban J connectivity index is 1.71. The first-order valence-corrected chi connectivity index (χ1v) is 10.2. The molecule has 2 aromatic rings. The van der Waals surface area contributed by atoms with Gasteiger partial charge < -0.3 is 4.74 Å². The maximum atomic E-state index is 12.6. The molecule has 0 saturated heterocycles. The minimum absolute atomic E-state index is 0.0647. The van der Waals surface area contributed by atoms with Crippen molar-refractivity contribution in [1.29, 1.82) is 0 Å². The molecule has 0 radical (unpaired) electrons. The first-order chi connectivity index (χ1) is 12.3. The highest BCUT2D eigenvalue weighted by Gasteiger charge is 2.61. The molecular formula is C22H22Br2O2. The van der Waals surface area contributed by atoms with Crippen LogP contribution in [0.4, 0.5) is 0 Å². The van der Waals surface area contributed by atoms with Gasteiger partial charge in [0.05, 0.1) is 9.31 Å². The van der Waals surface area contributed by atoms with Crippen molar-refractivity contribution in [3.05, 3.63) is 69.1 Å². The fourth-order valence-electron chi connectivity index (χ4n) is 3.58. The molecular weight excluding hydrogens is 456 g/mol. The van der Waals surface area contributed by atoms with Gasteiger partial charge in [-0.05, 0) is 72.4 Å². The van der Waals surface area contributed by atoms with E-state index in [0.717, 1.165) is 14.5 Å². The van der Waals surface area contributed by atoms with Crippen LogP contribution < -0.4 is 0 Å². The van der Waals surface area contributed by atoms with Crippen LogP contribution in [0.15, 0.2) is 58.0 Å². The lowest BCUT2D eigenvalue weighted by Crippen LogP contribution is -2.11. The molecule has 2 unspecified atom stereocenters. The zero-order valence-corrected chi connectivity index (χ0v) is 18.3. The third-order valence-corrected chi connectivity index (χ3v) is 5.90. The molecule has 3 rings (SSSR count). The normalized spacial score (nSPS) is 20.3. The fourth-order valence-corrected chi connectivity index (χ4v) is 4.15. The number of allylic oxidation sites excluding steroid dienone is 1. The first-order valence-electron chi connectivity index (χ1n) is 8.65. The monoisotopic (exact) mass is 476 g/mol. The van der Waals surface area contributed by atoms with Crippen LogP contribution in [0.1, 0.15) is 25.0 Å². The smallest absolute Gasteiger partial charge is 0.310 e. The molecule has 0 aliphatic heterocycles. The second-order valence-corrected chi connectivity index (χ2v) is 10.1. The van der Waals surface area contributed by atoms with Gasteiger partial charge in [0.25, 0.3) is 0 Å². The van der Waals surface area contributed by atoms with Gasteiger partial charge in [-0.2, -0.15) is 0 Å². The van der Waals surface area contributed by atoms with E-state index in [1.54, 1.807) is 0 Å². The van der Waals surface area contributed by atoms with E-state index in [1.165, 1.54) is 11.1 Å². The van der Waals surface area contributed by atoms with Gasteiger partial charge in [-0.1, -0.05) is 68.5 Å². The van der Waals surface area contributed by atoms with Crippen LogP contribution >= 0.6 is 31.9 Å². The standard InChI is InChI=1S/C22H22Br2O2/c1-14-16(10-7-11-17(14)15-8-5-4-6-9-15)13-26-21(25)20-18(12-19(23)24)22(20,2)3/h4-12,18,20H,13H2,1-3H3. The molecule has 0 heterocycles. The van der Waals surface area contributed by atoms with Gasteiger partial charge in [-0.15, -0.1) is 0 Å². The molecule has 2 nitrogen and oxygen atoms in total. The number of ether oxygens (including phenoxy) is 1. The number of esters is 1. The Labute approximate surface area is 171 Å².